The van der Waals surface area contributed by atoms with Gasteiger partial charge in [0.15, 0.2) is 0 Å². The summed E-state index contributed by atoms with van der Waals surface area (Å²) < 4.78 is -1.61. The average molecular weight is 304 g/mol. The Labute approximate surface area is 116 Å². The summed E-state index contributed by atoms with van der Waals surface area (Å²) >= 11 is 19.3. The van der Waals surface area contributed by atoms with Gasteiger partial charge in [-0.05, 0) is 30.0 Å². The molecule has 16 heavy (non-hydrogen) atoms. The van der Waals surface area contributed by atoms with Gasteiger partial charge in [0.25, 0.3) is 3.25 Å². The van der Waals surface area contributed by atoms with E-state index in [9.17, 15) is 5.11 Å². The van der Waals surface area contributed by atoms with Gasteiger partial charge in [0.2, 0.25) is 0 Å². The number of hydrogen-bond acceptors (Lipinski definition) is 1. The van der Waals surface area contributed by atoms with Crippen LogP contribution in [-0.2, 0) is 0 Å². The average Bonchev–Trinajstić information content (AvgIpc) is 1.99. The minimum Gasteiger partial charge on any atom is -0.508 e. The van der Waals surface area contributed by atoms with E-state index in [2.05, 4.69) is 13.8 Å². The Morgan fingerprint density at radius 2 is 1.56 bits per heavy atom. The number of benzene rings is 1. The SMILES string of the molecule is Cc1ccc(C(C)C)c(O)c1.ClC(Cl)(Cl)Cl. The van der Waals surface area contributed by atoms with Crippen molar-refractivity contribution in [2.75, 3.05) is 0 Å². The number of hydrogen-bond donors (Lipinski definition) is 1. The number of rotatable bonds is 1. The summed E-state index contributed by atoms with van der Waals surface area (Å²) in [6.45, 7) is 6.12. The highest BCUT2D eigenvalue weighted by Gasteiger charge is 2.11. The predicted octanol–water partition coefficient (Wildman–Crippen LogP) is 5.38. The maximum atomic E-state index is 9.46. The zero-order valence-corrected chi connectivity index (χ0v) is 12.3. The minimum absolute atomic E-state index is 0.399. The molecule has 0 bridgehead atoms. The van der Waals surface area contributed by atoms with Crippen LogP contribution in [0.25, 0.3) is 0 Å². The molecule has 0 aromatic heterocycles. The van der Waals surface area contributed by atoms with Crippen LogP contribution in [0.5, 0.6) is 5.75 Å². The summed E-state index contributed by atoms with van der Waals surface area (Å²) in [6, 6.07) is 5.81. The third-order valence-corrected chi connectivity index (χ3v) is 1.81. The van der Waals surface area contributed by atoms with E-state index in [0.29, 0.717) is 11.7 Å². The summed E-state index contributed by atoms with van der Waals surface area (Å²) in [6.07, 6.45) is 0. The van der Waals surface area contributed by atoms with Crippen LogP contribution < -0.4 is 0 Å². The summed E-state index contributed by atoms with van der Waals surface area (Å²) in [5, 5.41) is 9.46. The standard InChI is InChI=1S/C10H14O.CCl4/c1-7(2)9-5-4-8(3)6-10(9)11;2-1(3,4)5/h4-7,11H,1-3H3;. The Bertz CT molecular complexity index is 325. The molecule has 0 unspecified atom stereocenters. The van der Waals surface area contributed by atoms with E-state index in [-0.39, 0.29) is 0 Å². The largest absolute Gasteiger partial charge is 0.508 e. The number of alkyl halides is 4. The molecule has 0 aliphatic carbocycles. The smallest absolute Gasteiger partial charge is 0.266 e. The molecule has 0 heterocycles. The third kappa shape index (κ3) is 8.35. The Hall–Kier alpha value is 0.180. The first-order valence-corrected chi connectivity index (χ1v) is 6.17. The maximum absolute atomic E-state index is 9.46. The lowest BCUT2D eigenvalue weighted by Crippen LogP contribution is -1.87. The quantitative estimate of drug-likeness (QED) is 0.691. The third-order valence-electron chi connectivity index (χ3n) is 1.81. The summed E-state index contributed by atoms with van der Waals surface area (Å²) in [5.74, 6) is 0.815. The summed E-state index contributed by atoms with van der Waals surface area (Å²) in [4.78, 5) is 0. The van der Waals surface area contributed by atoms with Gasteiger partial charge in [-0.1, -0.05) is 72.4 Å². The number of aryl methyl sites for hydroxylation is 1. The van der Waals surface area contributed by atoms with E-state index in [4.69, 9.17) is 46.4 Å². The van der Waals surface area contributed by atoms with Crippen LogP contribution in [0, 0.1) is 6.92 Å². The van der Waals surface area contributed by atoms with Gasteiger partial charge in [0, 0.05) is 0 Å². The second-order valence-corrected chi connectivity index (χ2v) is 7.07. The van der Waals surface area contributed by atoms with Crippen molar-refractivity contribution in [3.8, 4) is 5.75 Å². The normalized spacial score (nSPS) is 11.0. The van der Waals surface area contributed by atoms with Gasteiger partial charge in [0.05, 0.1) is 0 Å². The molecule has 0 aliphatic heterocycles. The minimum atomic E-state index is -1.61. The Morgan fingerprint density at radius 1 is 1.12 bits per heavy atom. The molecule has 0 atom stereocenters. The van der Waals surface area contributed by atoms with Crippen LogP contribution in [0.15, 0.2) is 18.2 Å². The lowest BCUT2D eigenvalue weighted by Gasteiger charge is -2.07. The Kier molecular flexibility index (Phi) is 6.88. The van der Waals surface area contributed by atoms with Crippen molar-refractivity contribution >= 4 is 46.4 Å². The van der Waals surface area contributed by atoms with Crippen molar-refractivity contribution in [1.82, 2.24) is 0 Å². The molecule has 92 valence electrons. The molecule has 0 fully saturated rings. The molecule has 1 aromatic rings. The monoisotopic (exact) mass is 302 g/mol. The van der Waals surface area contributed by atoms with E-state index in [1.54, 1.807) is 6.07 Å². The zero-order chi connectivity index (χ0) is 12.9. The van der Waals surface area contributed by atoms with Gasteiger partial charge >= 0.3 is 0 Å². The van der Waals surface area contributed by atoms with Crippen LogP contribution in [0.1, 0.15) is 30.9 Å². The molecule has 0 saturated heterocycles. The van der Waals surface area contributed by atoms with Gasteiger partial charge in [-0.25, -0.2) is 0 Å². The van der Waals surface area contributed by atoms with Crippen molar-refractivity contribution in [2.24, 2.45) is 0 Å². The maximum Gasteiger partial charge on any atom is 0.266 e. The van der Waals surface area contributed by atoms with Crippen LogP contribution in [-0.4, -0.2) is 8.36 Å². The first kappa shape index (κ1) is 16.2. The van der Waals surface area contributed by atoms with E-state index < -0.39 is 3.25 Å². The highest BCUT2D eigenvalue weighted by atomic mass is 35.6. The second kappa shape index (κ2) is 6.80. The van der Waals surface area contributed by atoms with Crippen molar-refractivity contribution in [1.29, 1.82) is 0 Å². The van der Waals surface area contributed by atoms with Crippen molar-refractivity contribution in [2.45, 2.75) is 29.9 Å². The Balaban J connectivity index is 0.000000385. The lowest BCUT2D eigenvalue weighted by molar-refractivity contribution is 0.464. The fourth-order valence-corrected chi connectivity index (χ4v) is 1.14. The predicted molar refractivity (Wildman–Crippen MR) is 73.1 cm³/mol. The topological polar surface area (TPSA) is 20.2 Å². The molecule has 1 rings (SSSR count). The van der Waals surface area contributed by atoms with Crippen LogP contribution in [0.4, 0.5) is 0 Å². The molecule has 1 N–H and O–H groups in total. The molecule has 0 aliphatic rings. The van der Waals surface area contributed by atoms with Gasteiger partial charge in [-0.2, -0.15) is 0 Å². The second-order valence-electron chi connectivity index (χ2n) is 3.65. The van der Waals surface area contributed by atoms with E-state index >= 15 is 0 Å². The van der Waals surface area contributed by atoms with Gasteiger partial charge < -0.3 is 5.11 Å². The molecular weight excluding hydrogens is 290 g/mol. The van der Waals surface area contributed by atoms with Crippen LogP contribution in [0.3, 0.4) is 0 Å². The summed E-state index contributed by atoms with van der Waals surface area (Å²) in [7, 11) is 0. The molecule has 5 heteroatoms. The van der Waals surface area contributed by atoms with Gasteiger partial charge in [0.1, 0.15) is 5.75 Å². The first-order chi connectivity index (χ1) is 7.11. The number of halogens is 4. The molecule has 1 aromatic carbocycles. The number of aromatic hydroxyl groups is 1. The van der Waals surface area contributed by atoms with Crippen molar-refractivity contribution < 1.29 is 5.11 Å². The highest BCUT2D eigenvalue weighted by molar-refractivity contribution is 6.83. The molecule has 0 saturated carbocycles. The van der Waals surface area contributed by atoms with E-state index in [1.165, 1.54) is 0 Å². The molecule has 1 nitrogen and oxygen atoms in total. The molecule has 0 spiro atoms. The highest BCUT2D eigenvalue weighted by Crippen LogP contribution is 2.29. The van der Waals surface area contributed by atoms with E-state index in [1.807, 2.05) is 19.1 Å². The van der Waals surface area contributed by atoms with Gasteiger partial charge in [-0.3, -0.25) is 0 Å². The summed E-state index contributed by atoms with van der Waals surface area (Å²) in [5.41, 5.74) is 2.13. The molecule has 0 amide bonds. The molecule has 0 radical (unpaired) electrons. The zero-order valence-electron chi connectivity index (χ0n) is 9.27. The van der Waals surface area contributed by atoms with Crippen LogP contribution >= 0.6 is 46.4 Å². The Morgan fingerprint density at radius 3 is 1.88 bits per heavy atom. The van der Waals surface area contributed by atoms with E-state index in [0.717, 1.165) is 11.1 Å². The van der Waals surface area contributed by atoms with Gasteiger partial charge in [-0.15, -0.1) is 0 Å². The number of phenolic OH excluding ortho intramolecular Hbond substituents is 1. The molecular formula is C11H14Cl4O. The van der Waals surface area contributed by atoms with Crippen molar-refractivity contribution in [3.63, 3.8) is 0 Å². The fraction of sp³-hybridized carbons (Fsp3) is 0.455. The van der Waals surface area contributed by atoms with Crippen LogP contribution in [0.2, 0.25) is 0 Å². The lowest BCUT2D eigenvalue weighted by atomic mass is 10.0. The first-order valence-electron chi connectivity index (χ1n) is 4.66. The fourth-order valence-electron chi connectivity index (χ4n) is 1.14. The number of phenols is 1. The van der Waals surface area contributed by atoms with Crippen molar-refractivity contribution in [3.05, 3.63) is 29.3 Å².